The lowest BCUT2D eigenvalue weighted by Crippen LogP contribution is -2.19. The van der Waals surface area contributed by atoms with E-state index in [4.69, 9.17) is 9.47 Å². The van der Waals surface area contributed by atoms with Crippen molar-refractivity contribution in [1.29, 1.82) is 0 Å². The van der Waals surface area contributed by atoms with Gasteiger partial charge in [-0.1, -0.05) is 6.07 Å². The minimum absolute atomic E-state index is 0.0279. The molecule has 4 aromatic rings. The molecule has 0 saturated carbocycles. The van der Waals surface area contributed by atoms with Gasteiger partial charge >= 0.3 is 6.18 Å². The molecule has 148 valence electrons. The molecule has 0 radical (unpaired) electrons. The maximum absolute atomic E-state index is 12.4. The van der Waals surface area contributed by atoms with Crippen molar-refractivity contribution in [3.05, 3.63) is 55.0 Å². The van der Waals surface area contributed by atoms with Crippen molar-refractivity contribution in [3.8, 4) is 28.8 Å². The minimum atomic E-state index is -4.44. The molecule has 0 aliphatic rings. The lowest BCUT2D eigenvalue weighted by Gasteiger charge is -2.10. The van der Waals surface area contributed by atoms with E-state index in [-0.39, 0.29) is 5.75 Å². The molecule has 0 spiro atoms. The number of methoxy groups -OCH3 is 1. The van der Waals surface area contributed by atoms with Crippen molar-refractivity contribution in [2.24, 2.45) is 0 Å². The molecule has 0 amide bonds. The zero-order valence-corrected chi connectivity index (χ0v) is 15.1. The third kappa shape index (κ3) is 3.96. The van der Waals surface area contributed by atoms with Gasteiger partial charge in [0.05, 0.1) is 25.2 Å². The van der Waals surface area contributed by atoms with Crippen LogP contribution in [-0.4, -0.2) is 44.4 Å². The maximum Gasteiger partial charge on any atom is 0.422 e. The second-order valence-electron chi connectivity index (χ2n) is 5.96. The molecule has 0 fully saturated rings. The van der Waals surface area contributed by atoms with Crippen LogP contribution < -0.4 is 9.47 Å². The third-order valence-corrected chi connectivity index (χ3v) is 3.96. The Morgan fingerprint density at radius 2 is 1.90 bits per heavy atom. The number of fused-ring (bicyclic) bond motifs is 1. The van der Waals surface area contributed by atoms with E-state index in [0.717, 1.165) is 0 Å². The fourth-order valence-corrected chi connectivity index (χ4v) is 2.73. The Bertz CT molecular complexity index is 1130. The smallest absolute Gasteiger partial charge is 0.422 e. The lowest BCUT2D eigenvalue weighted by atomic mass is 10.3. The molecule has 29 heavy (non-hydrogen) atoms. The molecule has 0 unspecified atom stereocenters. The van der Waals surface area contributed by atoms with Crippen LogP contribution in [0.5, 0.6) is 11.6 Å². The molecule has 0 aromatic carbocycles. The van der Waals surface area contributed by atoms with Crippen molar-refractivity contribution >= 4 is 11.2 Å². The van der Waals surface area contributed by atoms with E-state index in [2.05, 4.69) is 19.9 Å². The quantitative estimate of drug-likeness (QED) is 0.506. The highest BCUT2D eigenvalue weighted by Gasteiger charge is 2.28. The molecule has 0 aliphatic carbocycles. The summed E-state index contributed by atoms with van der Waals surface area (Å²) in [6, 6.07) is 10.2. The highest BCUT2D eigenvalue weighted by Crippen LogP contribution is 2.29. The number of rotatable bonds is 5. The number of aromatic nitrogens is 5. The Morgan fingerprint density at radius 1 is 1.03 bits per heavy atom. The van der Waals surface area contributed by atoms with E-state index in [9.17, 15) is 13.2 Å². The van der Waals surface area contributed by atoms with E-state index in [1.165, 1.54) is 19.4 Å². The van der Waals surface area contributed by atoms with Crippen molar-refractivity contribution in [2.45, 2.75) is 6.18 Å². The van der Waals surface area contributed by atoms with E-state index >= 15 is 0 Å². The Kier molecular flexibility index (Phi) is 4.75. The van der Waals surface area contributed by atoms with Crippen molar-refractivity contribution in [1.82, 2.24) is 24.5 Å². The summed E-state index contributed by atoms with van der Waals surface area (Å²) in [6.07, 6.45) is -0.00760. The average Bonchev–Trinajstić information content (AvgIpc) is 3.11. The molecule has 4 rings (SSSR count). The number of alkyl halides is 3. The summed E-state index contributed by atoms with van der Waals surface area (Å²) in [6.45, 7) is -1.41. The first-order chi connectivity index (χ1) is 13.9. The van der Waals surface area contributed by atoms with Crippen LogP contribution in [0.2, 0.25) is 0 Å². The van der Waals surface area contributed by atoms with Crippen LogP contribution in [0, 0.1) is 0 Å². The topological polar surface area (TPSA) is 75.0 Å². The molecule has 0 N–H and O–H groups in total. The summed E-state index contributed by atoms with van der Waals surface area (Å²) in [5, 5.41) is 0. The van der Waals surface area contributed by atoms with Gasteiger partial charge in [-0.15, -0.1) is 0 Å². The molecule has 0 bridgehead atoms. The number of hydrogen-bond donors (Lipinski definition) is 0. The summed E-state index contributed by atoms with van der Waals surface area (Å²) in [7, 11) is 1.51. The van der Waals surface area contributed by atoms with Gasteiger partial charge in [0, 0.05) is 18.3 Å². The lowest BCUT2D eigenvalue weighted by molar-refractivity contribution is -0.153. The highest BCUT2D eigenvalue weighted by atomic mass is 19.4. The van der Waals surface area contributed by atoms with Gasteiger partial charge in [0.1, 0.15) is 17.0 Å². The van der Waals surface area contributed by atoms with E-state index in [0.29, 0.717) is 34.2 Å². The maximum atomic E-state index is 12.4. The Hall–Kier alpha value is -3.69. The minimum Gasteiger partial charge on any atom is -0.482 e. The van der Waals surface area contributed by atoms with Crippen LogP contribution in [0.3, 0.4) is 0 Å². The molecule has 10 heteroatoms. The molecule has 7 nitrogen and oxygen atoms in total. The van der Waals surface area contributed by atoms with E-state index < -0.39 is 12.8 Å². The molecule has 4 aromatic heterocycles. The first-order valence-electron chi connectivity index (χ1n) is 8.44. The number of ether oxygens (including phenoxy) is 2. The molecular formula is C19H14F3N5O2. The second kappa shape index (κ2) is 7.38. The van der Waals surface area contributed by atoms with Crippen LogP contribution in [-0.2, 0) is 0 Å². The zero-order chi connectivity index (χ0) is 20.4. The average molecular weight is 401 g/mol. The van der Waals surface area contributed by atoms with Gasteiger partial charge in [-0.3, -0.25) is 9.55 Å². The molecule has 4 heterocycles. The van der Waals surface area contributed by atoms with E-state index in [1.54, 1.807) is 41.2 Å². The first kappa shape index (κ1) is 18.7. The summed E-state index contributed by atoms with van der Waals surface area (Å²) < 4.78 is 48.9. The third-order valence-electron chi connectivity index (χ3n) is 3.96. The van der Waals surface area contributed by atoms with Crippen LogP contribution >= 0.6 is 0 Å². The number of pyridine rings is 3. The van der Waals surface area contributed by atoms with Crippen LogP contribution in [0.4, 0.5) is 13.2 Å². The van der Waals surface area contributed by atoms with Crippen LogP contribution in [0.1, 0.15) is 0 Å². The van der Waals surface area contributed by atoms with Crippen LogP contribution in [0.15, 0.2) is 55.0 Å². The second-order valence-corrected chi connectivity index (χ2v) is 5.96. The zero-order valence-electron chi connectivity index (χ0n) is 15.1. The monoisotopic (exact) mass is 401 g/mol. The van der Waals surface area contributed by atoms with Gasteiger partial charge in [0.15, 0.2) is 18.1 Å². The largest absolute Gasteiger partial charge is 0.482 e. The van der Waals surface area contributed by atoms with Crippen molar-refractivity contribution in [3.63, 3.8) is 0 Å². The van der Waals surface area contributed by atoms with Gasteiger partial charge in [-0.2, -0.15) is 13.2 Å². The van der Waals surface area contributed by atoms with Gasteiger partial charge in [-0.25, -0.2) is 15.0 Å². The Labute approximate surface area is 162 Å². The van der Waals surface area contributed by atoms with Crippen molar-refractivity contribution in [2.75, 3.05) is 13.7 Å². The van der Waals surface area contributed by atoms with Gasteiger partial charge in [0.25, 0.3) is 0 Å². The highest BCUT2D eigenvalue weighted by molar-refractivity contribution is 5.80. The van der Waals surface area contributed by atoms with E-state index in [1.807, 2.05) is 6.07 Å². The van der Waals surface area contributed by atoms with Gasteiger partial charge < -0.3 is 9.47 Å². The normalized spacial score (nSPS) is 11.6. The fraction of sp³-hybridized carbons (Fsp3) is 0.158. The number of nitrogens with zero attached hydrogens (tertiary/aromatic N) is 5. The Balaban J connectivity index is 1.84. The standard InChI is InChI=1S/C19H14F3N5O2/c1-28-16-6-5-12(9-24-16)27-17-15(26-18(27)14-4-2-3-7-23-14)8-13(10-25-17)29-11-19(20,21)22/h2-10H,11H2,1H3. The predicted octanol–water partition coefficient (Wildman–Crippen LogP) is 3.83. The summed E-state index contributed by atoms with van der Waals surface area (Å²) in [5.41, 5.74) is 2.00. The SMILES string of the molecule is COc1ccc(-n2c(-c3ccccn3)nc3cc(OCC(F)(F)F)cnc32)cn1. The number of hydrogen-bond acceptors (Lipinski definition) is 6. The summed E-state index contributed by atoms with van der Waals surface area (Å²) >= 11 is 0. The number of imidazole rings is 1. The predicted molar refractivity (Wildman–Crippen MR) is 98.0 cm³/mol. The molecule has 0 aliphatic heterocycles. The van der Waals surface area contributed by atoms with Crippen LogP contribution in [0.25, 0.3) is 28.4 Å². The summed E-state index contributed by atoms with van der Waals surface area (Å²) in [4.78, 5) is 17.3. The molecule has 0 saturated heterocycles. The van der Waals surface area contributed by atoms with Crippen molar-refractivity contribution < 1.29 is 22.6 Å². The summed E-state index contributed by atoms with van der Waals surface area (Å²) in [5.74, 6) is 0.876. The first-order valence-corrected chi connectivity index (χ1v) is 8.44. The number of halogens is 3. The Morgan fingerprint density at radius 3 is 2.55 bits per heavy atom. The molecular weight excluding hydrogens is 387 g/mol. The van der Waals surface area contributed by atoms with Gasteiger partial charge in [0.2, 0.25) is 5.88 Å². The molecule has 0 atom stereocenters. The fourth-order valence-electron chi connectivity index (χ4n) is 2.73. The van der Waals surface area contributed by atoms with Gasteiger partial charge in [-0.05, 0) is 18.2 Å².